The number of carbonyl (C=O) groups excluding carboxylic acids is 5. The van der Waals surface area contributed by atoms with Gasteiger partial charge in [0, 0.05) is 34.1 Å². The number of hydrogen-bond acceptors (Lipinski definition) is 9. The Morgan fingerprint density at radius 2 is 1.73 bits per heavy atom. The van der Waals surface area contributed by atoms with Crippen molar-refractivity contribution in [1.82, 2.24) is 25.2 Å². The van der Waals surface area contributed by atoms with Crippen LogP contribution in [0.3, 0.4) is 0 Å². The van der Waals surface area contributed by atoms with Crippen molar-refractivity contribution in [2.24, 2.45) is 5.92 Å². The normalized spacial score (nSPS) is 26.5. The Hall–Kier alpha value is -3.89. The number of hydrogen-bond donors (Lipinski definition) is 3. The van der Waals surface area contributed by atoms with Gasteiger partial charge in [0.1, 0.15) is 35.2 Å². The molecule has 3 fully saturated rings. The number of alkyl carbamates (subject to hydrolysis) is 1. The maximum Gasteiger partial charge on any atom is 0.410 e. The van der Waals surface area contributed by atoms with Crippen LogP contribution >= 0.6 is 23.2 Å². The van der Waals surface area contributed by atoms with Crippen molar-refractivity contribution >= 4 is 63.1 Å². The number of nitrogens with zero attached hydrogens (tertiary/aromatic N) is 2. The quantitative estimate of drug-likeness (QED) is 0.312. The fourth-order valence-corrected chi connectivity index (χ4v) is 9.34. The molecule has 5 amide bonds. The van der Waals surface area contributed by atoms with Crippen molar-refractivity contribution in [3.63, 3.8) is 0 Å². The molecule has 2 saturated heterocycles. The summed E-state index contributed by atoms with van der Waals surface area (Å²) in [5, 5.41) is 5.67. The Morgan fingerprint density at radius 3 is 2.39 bits per heavy atom. The summed E-state index contributed by atoms with van der Waals surface area (Å²) >= 11 is 12.4. The topological polar surface area (TPSA) is 181 Å². The molecule has 1 saturated carbocycles. The maximum atomic E-state index is 14.4. The number of sulfonamides is 1. The molecule has 3 aliphatic heterocycles. The van der Waals surface area contributed by atoms with Crippen molar-refractivity contribution in [2.75, 3.05) is 19.6 Å². The lowest BCUT2D eigenvalue weighted by molar-refractivity contribution is -0.141. The monoisotopic (exact) mass is 841 g/mol. The Labute approximate surface area is 336 Å². The second-order valence-electron chi connectivity index (χ2n) is 15.8. The van der Waals surface area contributed by atoms with E-state index in [-0.39, 0.29) is 54.5 Å². The van der Waals surface area contributed by atoms with Crippen LogP contribution in [0.15, 0.2) is 41.8 Å². The summed E-state index contributed by atoms with van der Waals surface area (Å²) in [5.41, 5.74) is -2.03. The van der Waals surface area contributed by atoms with Gasteiger partial charge in [0.15, 0.2) is 0 Å². The van der Waals surface area contributed by atoms with E-state index in [2.05, 4.69) is 15.4 Å². The van der Waals surface area contributed by atoms with Gasteiger partial charge < -0.3 is 29.9 Å². The molecule has 0 spiro atoms. The highest BCUT2D eigenvalue weighted by molar-refractivity contribution is 7.89. The van der Waals surface area contributed by atoms with Gasteiger partial charge in [-0.3, -0.25) is 19.1 Å². The molecular weight excluding hydrogens is 792 g/mol. The van der Waals surface area contributed by atoms with Gasteiger partial charge in [-0.1, -0.05) is 73.5 Å². The van der Waals surface area contributed by atoms with Gasteiger partial charge in [0.05, 0.1) is 18.8 Å². The fraction of sp³-hybridized carbons (Fsp3) is 0.605. The van der Waals surface area contributed by atoms with Gasteiger partial charge >= 0.3 is 12.2 Å². The molecule has 18 heteroatoms. The average molecular weight is 843 g/mol. The first-order chi connectivity index (χ1) is 26.3. The molecule has 56 heavy (non-hydrogen) atoms. The number of amides is 5. The highest BCUT2D eigenvalue weighted by atomic mass is 35.5. The summed E-state index contributed by atoms with van der Waals surface area (Å²) in [5.74, 6) is -3.86. The number of fused-ring (bicyclic) bond motifs is 2. The third-order valence-corrected chi connectivity index (χ3v) is 12.3. The van der Waals surface area contributed by atoms with Crippen molar-refractivity contribution in [3.8, 4) is 0 Å². The third kappa shape index (κ3) is 10.7. The first-order valence-electron chi connectivity index (χ1n) is 18.9. The smallest absolute Gasteiger partial charge is 0.410 e. The minimum absolute atomic E-state index is 0.0270. The zero-order chi connectivity index (χ0) is 41.0. The zero-order valence-electron chi connectivity index (χ0n) is 32.0. The molecule has 14 nitrogen and oxygen atoms in total. The van der Waals surface area contributed by atoms with Crippen LogP contribution in [-0.2, 0) is 39.6 Å². The molecule has 0 radical (unpaired) electrons. The van der Waals surface area contributed by atoms with E-state index in [9.17, 15) is 36.8 Å². The Bertz CT molecular complexity index is 1870. The van der Waals surface area contributed by atoms with Gasteiger partial charge in [-0.2, -0.15) is 0 Å². The van der Waals surface area contributed by atoms with Crippen LogP contribution in [0.5, 0.6) is 0 Å². The SMILES string of the molecule is CC=C(F)C1=CCN(C(=O)O[C@@H]2C[C@H]3C(=O)N[C@]4(C(=O)NS(=O)(=O)Cc5c(Cl)cccc5Cl)C[C@H]4CCCCCCC[C@H](NC(=O)OC(C)(C)C)C(=O)N3C2)C1. The second-order valence-corrected chi connectivity index (χ2v) is 18.3. The van der Waals surface area contributed by atoms with E-state index in [0.29, 0.717) is 24.8 Å². The molecule has 1 aliphatic carbocycles. The third-order valence-electron chi connectivity index (χ3n) is 10.4. The van der Waals surface area contributed by atoms with Crippen molar-refractivity contribution in [3.05, 3.63) is 57.4 Å². The summed E-state index contributed by atoms with van der Waals surface area (Å²) in [6, 6.07) is 2.15. The molecule has 5 atom stereocenters. The molecule has 0 unspecified atom stereocenters. The molecular formula is C38H50Cl2FN5O9S. The number of allylic oxidation sites excluding steroid dienone is 1. The molecule has 3 heterocycles. The number of nitrogens with one attached hydrogen (secondary N) is 3. The van der Waals surface area contributed by atoms with Crippen molar-refractivity contribution in [2.45, 2.75) is 121 Å². The van der Waals surface area contributed by atoms with Crippen LogP contribution in [0.1, 0.15) is 91.0 Å². The summed E-state index contributed by atoms with van der Waals surface area (Å²) in [6.07, 6.45) is 4.65. The van der Waals surface area contributed by atoms with Gasteiger partial charge in [-0.05, 0) is 65.0 Å². The number of ether oxygens (including phenoxy) is 2. The molecule has 1 aromatic carbocycles. The summed E-state index contributed by atoms with van der Waals surface area (Å²) in [7, 11) is -4.35. The minimum Gasteiger partial charge on any atom is -0.444 e. The van der Waals surface area contributed by atoms with Gasteiger partial charge in [-0.15, -0.1) is 0 Å². The molecule has 0 bridgehead atoms. The van der Waals surface area contributed by atoms with Crippen molar-refractivity contribution in [1.29, 1.82) is 0 Å². The highest BCUT2D eigenvalue weighted by Crippen LogP contribution is 2.48. The molecule has 5 rings (SSSR count). The summed E-state index contributed by atoms with van der Waals surface area (Å²) < 4.78 is 54.2. The highest BCUT2D eigenvalue weighted by Gasteiger charge is 2.62. The van der Waals surface area contributed by atoms with E-state index in [1.54, 1.807) is 32.9 Å². The Balaban J connectivity index is 1.40. The average Bonchev–Trinajstić information content (AvgIpc) is 3.40. The molecule has 308 valence electrons. The molecule has 0 aromatic heterocycles. The summed E-state index contributed by atoms with van der Waals surface area (Å²) in [6.45, 7) is 6.45. The lowest BCUT2D eigenvalue weighted by atomic mass is 10.0. The number of benzene rings is 1. The molecule has 3 N–H and O–H groups in total. The largest absolute Gasteiger partial charge is 0.444 e. The van der Waals surface area contributed by atoms with Gasteiger partial charge in [-0.25, -0.2) is 22.4 Å². The minimum atomic E-state index is -4.35. The van der Waals surface area contributed by atoms with Crippen LogP contribution in [0.25, 0.3) is 0 Å². The molecule has 4 aliphatic rings. The lowest BCUT2D eigenvalue weighted by Gasteiger charge is -2.30. The van der Waals surface area contributed by atoms with Crippen molar-refractivity contribution < 1.29 is 46.3 Å². The number of halogens is 3. The number of carbonyl (C=O) groups is 5. The van der Waals surface area contributed by atoms with E-state index >= 15 is 0 Å². The standard InChI is InChI=1S/C38H50Cl2FN5O9S/c1-5-29(41)23-16-17-45(20-23)36(51)54-25-18-31-32(47)43-38(34(49)44-56(52,53)22-26-27(39)13-11-14-28(26)40)19-24(38)12-9-7-6-8-10-15-30(33(48)46(31)21-25)42-35(50)55-37(2,3)4/h5,11,13-14,16,24-25,30-31H,6-10,12,15,17-22H2,1-4H3,(H,42,50)(H,43,47)(H,44,49)/t24-,25-,30+,31+,38-/m1/s1. The lowest BCUT2D eigenvalue weighted by Crippen LogP contribution is -2.58. The van der Waals surface area contributed by atoms with E-state index in [0.717, 1.165) is 19.3 Å². The van der Waals surface area contributed by atoms with E-state index in [1.165, 1.54) is 34.9 Å². The first-order valence-corrected chi connectivity index (χ1v) is 21.3. The van der Waals surface area contributed by atoms with E-state index in [4.69, 9.17) is 32.7 Å². The first kappa shape index (κ1) is 43.2. The zero-order valence-corrected chi connectivity index (χ0v) is 34.3. The fourth-order valence-electron chi connectivity index (χ4n) is 7.42. The van der Waals surface area contributed by atoms with E-state index in [1.807, 2.05) is 0 Å². The second kappa shape index (κ2) is 17.7. The van der Waals surface area contributed by atoms with Gasteiger partial charge in [0.25, 0.3) is 5.91 Å². The van der Waals surface area contributed by atoms with Gasteiger partial charge in [0.2, 0.25) is 21.8 Å². The van der Waals surface area contributed by atoms with Crippen LogP contribution in [-0.4, -0.2) is 97.1 Å². The number of rotatable bonds is 7. The Kier molecular flexibility index (Phi) is 13.7. The predicted molar refractivity (Wildman–Crippen MR) is 207 cm³/mol. The maximum absolute atomic E-state index is 14.4. The van der Waals surface area contributed by atoms with Crippen LogP contribution < -0.4 is 15.4 Å². The van der Waals surface area contributed by atoms with E-state index < -0.39 is 86.8 Å². The predicted octanol–water partition coefficient (Wildman–Crippen LogP) is 5.67. The molecule has 1 aromatic rings. The van der Waals surface area contributed by atoms with Crippen LogP contribution in [0, 0.1) is 5.92 Å². The Morgan fingerprint density at radius 1 is 1.07 bits per heavy atom. The van der Waals surface area contributed by atoms with Crippen LogP contribution in [0.4, 0.5) is 14.0 Å². The summed E-state index contributed by atoms with van der Waals surface area (Å²) in [4.78, 5) is 71.3. The van der Waals surface area contributed by atoms with Crippen LogP contribution in [0.2, 0.25) is 10.0 Å².